The first kappa shape index (κ1) is 24.8. The Kier molecular flexibility index (Phi) is 6.84. The normalized spacial score (nSPS) is 15.5. The van der Waals surface area contributed by atoms with Crippen LogP contribution < -0.4 is 14.2 Å². The molecule has 2 aliphatic rings. The number of fused-ring (bicyclic) bond motifs is 2. The van der Waals surface area contributed by atoms with Gasteiger partial charge in [0, 0.05) is 35.8 Å². The fourth-order valence-electron chi connectivity index (χ4n) is 4.65. The summed E-state index contributed by atoms with van der Waals surface area (Å²) in [6.45, 7) is 5.33. The lowest BCUT2D eigenvalue weighted by Gasteiger charge is -2.55. The second-order valence-electron chi connectivity index (χ2n) is 9.40. The predicted molar refractivity (Wildman–Crippen MR) is 136 cm³/mol. The summed E-state index contributed by atoms with van der Waals surface area (Å²) in [6, 6.07) is 10.4. The molecule has 1 amide bonds. The van der Waals surface area contributed by atoms with E-state index in [2.05, 4.69) is 15.0 Å². The predicted octanol–water partition coefficient (Wildman–Crippen LogP) is 3.89. The van der Waals surface area contributed by atoms with Crippen LogP contribution in [-0.4, -0.2) is 72.9 Å². The van der Waals surface area contributed by atoms with Crippen LogP contribution in [0.3, 0.4) is 0 Å². The number of amides is 1. The number of hydrogen-bond acceptors (Lipinski definition) is 7. The van der Waals surface area contributed by atoms with Crippen LogP contribution in [-0.2, 0) is 9.53 Å². The zero-order valence-corrected chi connectivity index (χ0v) is 21.0. The maximum Gasteiger partial charge on any atom is 0.226 e. The number of halogens is 1. The minimum atomic E-state index is -0.160. The third-order valence-electron chi connectivity index (χ3n) is 6.62. The summed E-state index contributed by atoms with van der Waals surface area (Å²) < 4.78 is 34.6. The van der Waals surface area contributed by atoms with E-state index in [9.17, 15) is 9.18 Å². The third kappa shape index (κ3) is 5.01. The summed E-state index contributed by atoms with van der Waals surface area (Å²) in [7, 11) is 3.12. The van der Waals surface area contributed by atoms with Crippen LogP contribution in [0.2, 0.25) is 0 Å². The minimum Gasteiger partial charge on any atom is -0.493 e. The molecule has 194 valence electrons. The van der Waals surface area contributed by atoms with Crippen molar-refractivity contribution >= 4 is 27.7 Å². The largest absolute Gasteiger partial charge is 0.493 e. The van der Waals surface area contributed by atoms with Crippen LogP contribution >= 0.6 is 0 Å². The van der Waals surface area contributed by atoms with Gasteiger partial charge in [0.2, 0.25) is 11.8 Å². The molecule has 4 heterocycles. The average Bonchev–Trinajstić information content (AvgIpc) is 3.23. The van der Waals surface area contributed by atoms with Crippen LogP contribution in [0.25, 0.3) is 21.8 Å². The lowest BCUT2D eigenvalue weighted by atomic mass is 9.78. The molecular formula is C27H29FN4O5. The summed E-state index contributed by atoms with van der Waals surface area (Å²) in [6.07, 6.45) is 1.76. The summed E-state index contributed by atoms with van der Waals surface area (Å²) in [5, 5.41) is 1.41. The number of H-pyrrole nitrogens is 1. The summed E-state index contributed by atoms with van der Waals surface area (Å²) in [4.78, 5) is 25.5. The fourth-order valence-corrected chi connectivity index (χ4v) is 4.65. The van der Waals surface area contributed by atoms with E-state index >= 15 is 0 Å². The van der Waals surface area contributed by atoms with Gasteiger partial charge in [0.15, 0.2) is 11.5 Å². The van der Waals surface area contributed by atoms with Gasteiger partial charge in [0.1, 0.15) is 12.1 Å². The van der Waals surface area contributed by atoms with Crippen molar-refractivity contribution in [3.05, 3.63) is 54.2 Å². The molecule has 2 aromatic heterocycles. The number of carbonyl (C=O) groups is 1. The molecule has 0 radical (unpaired) electrons. The molecule has 2 aromatic carbocycles. The van der Waals surface area contributed by atoms with Gasteiger partial charge in [-0.15, -0.1) is 0 Å². The van der Waals surface area contributed by atoms with Crippen LogP contribution in [0.4, 0.5) is 4.39 Å². The molecule has 2 aliphatic heterocycles. The van der Waals surface area contributed by atoms with Crippen LogP contribution in [0.5, 0.6) is 17.4 Å². The van der Waals surface area contributed by atoms with Gasteiger partial charge < -0.3 is 28.8 Å². The molecule has 4 aromatic rings. The molecule has 0 saturated carbocycles. The summed E-state index contributed by atoms with van der Waals surface area (Å²) in [5.41, 5.74) is 2.78. The number of aryl methyl sites for hydroxylation is 1. The van der Waals surface area contributed by atoms with Crippen LogP contribution in [0.1, 0.15) is 12.1 Å². The van der Waals surface area contributed by atoms with Crippen LogP contribution in [0, 0.1) is 18.2 Å². The smallest absolute Gasteiger partial charge is 0.226 e. The Balaban J connectivity index is 0.000000212. The number of methoxy groups -OCH3 is 2. The van der Waals surface area contributed by atoms with E-state index in [-0.39, 0.29) is 23.7 Å². The van der Waals surface area contributed by atoms with Gasteiger partial charge in [0.05, 0.1) is 56.8 Å². The van der Waals surface area contributed by atoms with Gasteiger partial charge in [-0.1, -0.05) is 6.07 Å². The Morgan fingerprint density at radius 1 is 1.11 bits per heavy atom. The van der Waals surface area contributed by atoms with E-state index < -0.39 is 0 Å². The molecular weight excluding hydrogens is 479 g/mol. The second kappa shape index (κ2) is 10.2. The highest BCUT2D eigenvalue weighted by molar-refractivity contribution is 5.86. The Labute approximate surface area is 213 Å². The monoisotopic (exact) mass is 508 g/mol. The number of nitrogens with one attached hydrogen (secondary N) is 1. The van der Waals surface area contributed by atoms with E-state index in [4.69, 9.17) is 18.9 Å². The zero-order chi connectivity index (χ0) is 26.0. The quantitative estimate of drug-likeness (QED) is 0.422. The molecule has 2 fully saturated rings. The standard InChI is InChI=1S/C18H21N3O5.C9H8FN/c1-23-14-5-12-13(19-11-20-17(12)24-2)6-15(14)26-4-3-16(22)21-7-18(8-21)9-25-10-18;1-6-5-7-8(10)3-2-4-9(7)11-6/h5-6,11H,3-4,7-10H2,1-2H3;2-5,11H,1H3. The van der Waals surface area contributed by atoms with Crippen molar-refractivity contribution in [2.45, 2.75) is 13.3 Å². The number of carbonyl (C=O) groups excluding carboxylic acids is 1. The molecule has 10 heteroatoms. The molecule has 1 N–H and O–H groups in total. The van der Waals surface area contributed by atoms with Crippen molar-refractivity contribution in [2.24, 2.45) is 5.41 Å². The lowest BCUT2D eigenvalue weighted by Crippen LogP contribution is -2.67. The van der Waals surface area contributed by atoms with Gasteiger partial charge in [0.25, 0.3) is 0 Å². The van der Waals surface area contributed by atoms with Gasteiger partial charge in [-0.25, -0.2) is 14.4 Å². The number of aromatic nitrogens is 3. The average molecular weight is 509 g/mol. The van der Waals surface area contributed by atoms with Crippen molar-refractivity contribution in [1.29, 1.82) is 0 Å². The Bertz CT molecular complexity index is 1430. The first-order chi connectivity index (χ1) is 17.9. The van der Waals surface area contributed by atoms with E-state index in [0.29, 0.717) is 34.7 Å². The maximum atomic E-state index is 13.0. The van der Waals surface area contributed by atoms with Gasteiger partial charge in [-0.3, -0.25) is 4.79 Å². The first-order valence-corrected chi connectivity index (χ1v) is 12.0. The van der Waals surface area contributed by atoms with Crippen LogP contribution in [0.15, 0.2) is 42.7 Å². The number of hydrogen-bond donors (Lipinski definition) is 1. The maximum absolute atomic E-state index is 13.0. The Morgan fingerprint density at radius 3 is 2.59 bits per heavy atom. The molecule has 9 nitrogen and oxygen atoms in total. The van der Waals surface area contributed by atoms with E-state index in [1.54, 1.807) is 32.4 Å². The second-order valence-corrected chi connectivity index (χ2v) is 9.40. The highest BCUT2D eigenvalue weighted by Gasteiger charge is 2.50. The number of aromatic amines is 1. The van der Waals surface area contributed by atoms with Crippen molar-refractivity contribution in [1.82, 2.24) is 19.9 Å². The number of ether oxygens (including phenoxy) is 4. The van der Waals surface area contributed by atoms with Crippen molar-refractivity contribution in [2.75, 3.05) is 47.1 Å². The van der Waals surface area contributed by atoms with E-state index in [1.165, 1.54) is 12.4 Å². The number of rotatable bonds is 6. The fraction of sp³-hybridized carbons (Fsp3) is 0.370. The Morgan fingerprint density at radius 2 is 1.92 bits per heavy atom. The lowest BCUT2D eigenvalue weighted by molar-refractivity contribution is -0.195. The number of benzene rings is 2. The van der Waals surface area contributed by atoms with Crippen molar-refractivity contribution < 1.29 is 28.1 Å². The summed E-state index contributed by atoms with van der Waals surface area (Å²) >= 11 is 0. The Hall–Kier alpha value is -3.92. The summed E-state index contributed by atoms with van der Waals surface area (Å²) in [5.74, 6) is 1.51. The van der Waals surface area contributed by atoms with E-state index in [1.807, 2.05) is 24.0 Å². The molecule has 2 saturated heterocycles. The molecule has 0 unspecified atom stereocenters. The van der Waals surface area contributed by atoms with Gasteiger partial charge in [-0.2, -0.15) is 0 Å². The number of likely N-dealkylation sites (tertiary alicyclic amines) is 1. The van der Waals surface area contributed by atoms with Gasteiger partial charge >= 0.3 is 0 Å². The zero-order valence-electron chi connectivity index (χ0n) is 21.0. The molecule has 0 atom stereocenters. The van der Waals surface area contributed by atoms with Crippen molar-refractivity contribution in [3.63, 3.8) is 0 Å². The number of nitrogens with zero attached hydrogens (tertiary/aromatic N) is 3. The SMILES string of the molecule is COc1cc2c(OC)ncnc2cc1OCCC(=O)N1CC2(COC2)C1.Cc1cc2c(F)cccc2[nH]1. The topological polar surface area (TPSA) is 98.8 Å². The molecule has 6 rings (SSSR count). The highest BCUT2D eigenvalue weighted by atomic mass is 19.1. The highest BCUT2D eigenvalue weighted by Crippen LogP contribution is 2.38. The van der Waals surface area contributed by atoms with E-state index in [0.717, 1.165) is 42.9 Å². The van der Waals surface area contributed by atoms with Crippen molar-refractivity contribution in [3.8, 4) is 17.4 Å². The first-order valence-electron chi connectivity index (χ1n) is 12.0. The molecule has 1 spiro atoms. The molecule has 37 heavy (non-hydrogen) atoms. The van der Waals surface area contributed by atoms with Gasteiger partial charge in [-0.05, 0) is 31.2 Å². The minimum absolute atomic E-state index is 0.103. The molecule has 0 aliphatic carbocycles. The molecule has 0 bridgehead atoms. The third-order valence-corrected chi connectivity index (χ3v) is 6.62.